The number of carboxylic acid groups (broad SMARTS) is 1. The number of amides is 2. The lowest BCUT2D eigenvalue weighted by Crippen LogP contribution is -2.56. The molecule has 4 rings (SSSR count). The van der Waals surface area contributed by atoms with Gasteiger partial charge in [0.1, 0.15) is 6.61 Å². The quantitative estimate of drug-likeness (QED) is 0.494. The highest BCUT2D eigenvalue weighted by Gasteiger charge is 2.41. The summed E-state index contributed by atoms with van der Waals surface area (Å²) in [7, 11) is 1.41. The van der Waals surface area contributed by atoms with Crippen LogP contribution >= 0.6 is 0 Å². The molecule has 8 heteroatoms. The Kier molecular flexibility index (Phi) is 7.17. The zero-order chi connectivity index (χ0) is 24.1. The molecule has 0 radical (unpaired) electrons. The minimum absolute atomic E-state index is 0.0287. The molecule has 0 bridgehead atoms. The molecule has 2 aliphatic carbocycles. The van der Waals surface area contributed by atoms with E-state index in [0.29, 0.717) is 12.8 Å². The smallest absolute Gasteiger partial charge is 0.407 e. The molecule has 2 aromatic rings. The maximum atomic E-state index is 12.7. The van der Waals surface area contributed by atoms with E-state index in [1.807, 2.05) is 24.3 Å². The summed E-state index contributed by atoms with van der Waals surface area (Å²) in [5.74, 6) is -1.28. The minimum atomic E-state index is -0.992. The number of carbonyl (C=O) groups excluding carboxylic acids is 2. The fraction of sp³-hybridized carbons (Fsp3) is 0.423. The number of hydrogen-bond donors (Lipinski definition) is 3. The molecule has 0 aromatic heterocycles. The summed E-state index contributed by atoms with van der Waals surface area (Å²) < 4.78 is 10.7. The molecule has 0 heterocycles. The first-order chi connectivity index (χ1) is 16.4. The van der Waals surface area contributed by atoms with Crippen LogP contribution in [0, 0.1) is 0 Å². The zero-order valence-corrected chi connectivity index (χ0v) is 19.2. The van der Waals surface area contributed by atoms with Crippen molar-refractivity contribution in [3.63, 3.8) is 0 Å². The van der Waals surface area contributed by atoms with E-state index in [0.717, 1.165) is 28.7 Å². The van der Waals surface area contributed by atoms with Gasteiger partial charge in [0.2, 0.25) is 5.91 Å². The Balaban J connectivity index is 1.32. The Hall–Kier alpha value is -3.39. The van der Waals surface area contributed by atoms with Gasteiger partial charge in [-0.05, 0) is 41.5 Å². The molecule has 3 N–H and O–H groups in total. The van der Waals surface area contributed by atoms with Gasteiger partial charge in [0, 0.05) is 26.0 Å². The van der Waals surface area contributed by atoms with Gasteiger partial charge in [-0.1, -0.05) is 48.5 Å². The number of carbonyl (C=O) groups is 3. The Morgan fingerprint density at radius 2 is 1.68 bits per heavy atom. The first kappa shape index (κ1) is 23.8. The number of alkyl carbamates (subject to hydrolysis) is 1. The van der Waals surface area contributed by atoms with Crippen molar-refractivity contribution < 1.29 is 29.0 Å². The molecule has 0 aliphatic heterocycles. The number of benzene rings is 2. The second-order valence-corrected chi connectivity index (χ2v) is 9.02. The fourth-order valence-electron chi connectivity index (χ4n) is 4.83. The van der Waals surface area contributed by atoms with Crippen molar-refractivity contribution in [3.8, 4) is 11.1 Å². The molecule has 1 fully saturated rings. The SMILES string of the molecule is COC(CNC(=O)CC1(NC(=O)OCC2c3ccccc3-c3ccccc32)CCC1)CC(=O)O. The van der Waals surface area contributed by atoms with Crippen molar-refractivity contribution in [1.82, 2.24) is 10.6 Å². The van der Waals surface area contributed by atoms with Gasteiger partial charge in [0.05, 0.1) is 18.1 Å². The zero-order valence-electron chi connectivity index (χ0n) is 19.2. The molecule has 180 valence electrons. The summed E-state index contributed by atoms with van der Waals surface area (Å²) in [6, 6.07) is 16.3. The average Bonchev–Trinajstić information content (AvgIpc) is 3.12. The largest absolute Gasteiger partial charge is 0.481 e. The van der Waals surface area contributed by atoms with Crippen LogP contribution < -0.4 is 10.6 Å². The van der Waals surface area contributed by atoms with Gasteiger partial charge in [-0.3, -0.25) is 9.59 Å². The Bertz CT molecular complexity index is 1020. The summed E-state index contributed by atoms with van der Waals surface area (Å²) in [5, 5.41) is 14.5. The van der Waals surface area contributed by atoms with E-state index in [1.165, 1.54) is 7.11 Å². The van der Waals surface area contributed by atoms with E-state index < -0.39 is 23.7 Å². The maximum absolute atomic E-state index is 12.7. The highest BCUT2D eigenvalue weighted by Crippen LogP contribution is 2.44. The molecule has 1 unspecified atom stereocenters. The van der Waals surface area contributed by atoms with Crippen molar-refractivity contribution in [2.75, 3.05) is 20.3 Å². The normalized spacial score (nSPS) is 16.5. The van der Waals surface area contributed by atoms with Gasteiger partial charge in [-0.15, -0.1) is 0 Å². The Labute approximate surface area is 198 Å². The highest BCUT2D eigenvalue weighted by atomic mass is 16.5. The van der Waals surface area contributed by atoms with Crippen LogP contribution in [0.5, 0.6) is 0 Å². The van der Waals surface area contributed by atoms with E-state index in [2.05, 4.69) is 34.9 Å². The summed E-state index contributed by atoms with van der Waals surface area (Å²) in [6.45, 7) is 0.315. The number of nitrogens with one attached hydrogen (secondary N) is 2. The van der Waals surface area contributed by atoms with E-state index in [9.17, 15) is 14.4 Å². The molecule has 1 atom stereocenters. The number of ether oxygens (including phenoxy) is 2. The van der Waals surface area contributed by atoms with Crippen LogP contribution in [0.15, 0.2) is 48.5 Å². The van der Waals surface area contributed by atoms with E-state index in [1.54, 1.807) is 0 Å². The van der Waals surface area contributed by atoms with E-state index in [4.69, 9.17) is 14.6 Å². The summed E-state index contributed by atoms with van der Waals surface area (Å²) in [4.78, 5) is 36.0. The number of methoxy groups -OCH3 is 1. The van der Waals surface area contributed by atoms with Crippen LogP contribution in [-0.4, -0.2) is 55.0 Å². The van der Waals surface area contributed by atoms with Gasteiger partial charge < -0.3 is 25.2 Å². The number of carboxylic acids is 1. The van der Waals surface area contributed by atoms with Crippen molar-refractivity contribution in [2.45, 2.75) is 49.7 Å². The van der Waals surface area contributed by atoms with Gasteiger partial charge in [0.25, 0.3) is 0 Å². The molecule has 0 spiro atoms. The molecular formula is C26H30N2O6. The van der Waals surface area contributed by atoms with Crippen molar-refractivity contribution in [1.29, 1.82) is 0 Å². The second-order valence-electron chi connectivity index (χ2n) is 9.02. The Morgan fingerprint density at radius 1 is 1.06 bits per heavy atom. The monoisotopic (exact) mass is 466 g/mol. The van der Waals surface area contributed by atoms with Crippen molar-refractivity contribution >= 4 is 18.0 Å². The summed E-state index contributed by atoms with van der Waals surface area (Å²) in [5.41, 5.74) is 3.97. The van der Waals surface area contributed by atoms with Crippen LogP contribution in [0.3, 0.4) is 0 Å². The minimum Gasteiger partial charge on any atom is -0.481 e. The lowest BCUT2D eigenvalue weighted by atomic mass is 9.74. The van der Waals surface area contributed by atoms with Gasteiger partial charge >= 0.3 is 12.1 Å². The van der Waals surface area contributed by atoms with Gasteiger partial charge in [-0.2, -0.15) is 0 Å². The predicted molar refractivity (Wildman–Crippen MR) is 125 cm³/mol. The molecular weight excluding hydrogens is 436 g/mol. The molecule has 34 heavy (non-hydrogen) atoms. The summed E-state index contributed by atoms with van der Waals surface area (Å²) >= 11 is 0. The van der Waals surface area contributed by atoms with Crippen molar-refractivity contribution in [3.05, 3.63) is 59.7 Å². The van der Waals surface area contributed by atoms with Crippen LogP contribution in [0.25, 0.3) is 11.1 Å². The number of fused-ring (bicyclic) bond motifs is 3. The lowest BCUT2D eigenvalue weighted by molar-refractivity contribution is -0.140. The average molecular weight is 467 g/mol. The molecule has 1 saturated carbocycles. The lowest BCUT2D eigenvalue weighted by Gasteiger charge is -2.41. The topological polar surface area (TPSA) is 114 Å². The van der Waals surface area contributed by atoms with Crippen LogP contribution in [0.4, 0.5) is 4.79 Å². The van der Waals surface area contributed by atoms with Gasteiger partial charge in [-0.25, -0.2) is 4.79 Å². The number of rotatable bonds is 10. The fourth-order valence-corrected chi connectivity index (χ4v) is 4.83. The van der Waals surface area contributed by atoms with Crippen LogP contribution in [-0.2, 0) is 19.1 Å². The maximum Gasteiger partial charge on any atom is 0.407 e. The standard InChI is InChI=1S/C26H30N2O6/c1-33-17(13-24(30)31)15-27-23(29)14-26(11-6-12-26)28-25(32)34-16-22-20-9-4-2-7-18(20)19-8-3-5-10-21(19)22/h2-5,7-10,17,22H,6,11-16H2,1H3,(H,27,29)(H,28,32)(H,30,31). The van der Waals surface area contributed by atoms with Crippen molar-refractivity contribution in [2.24, 2.45) is 0 Å². The predicted octanol–water partition coefficient (Wildman–Crippen LogP) is 3.44. The molecule has 2 aromatic carbocycles. The third kappa shape index (κ3) is 5.22. The third-order valence-corrected chi connectivity index (χ3v) is 6.78. The second kappa shape index (κ2) is 10.3. The van der Waals surface area contributed by atoms with E-state index >= 15 is 0 Å². The first-order valence-corrected chi connectivity index (χ1v) is 11.6. The van der Waals surface area contributed by atoms with Gasteiger partial charge in [0.15, 0.2) is 0 Å². The Morgan fingerprint density at radius 3 is 2.21 bits per heavy atom. The molecule has 8 nitrogen and oxygen atoms in total. The molecule has 2 amide bonds. The summed E-state index contributed by atoms with van der Waals surface area (Å²) in [6.07, 6.45) is 1.07. The van der Waals surface area contributed by atoms with Crippen LogP contribution in [0.1, 0.15) is 49.1 Å². The molecule has 0 saturated heterocycles. The molecule has 2 aliphatic rings. The van der Waals surface area contributed by atoms with E-state index in [-0.39, 0.29) is 37.8 Å². The highest BCUT2D eigenvalue weighted by molar-refractivity contribution is 5.80. The number of hydrogen-bond acceptors (Lipinski definition) is 5. The third-order valence-electron chi connectivity index (χ3n) is 6.78. The van der Waals surface area contributed by atoms with Crippen LogP contribution in [0.2, 0.25) is 0 Å². The number of aliphatic carboxylic acids is 1. The first-order valence-electron chi connectivity index (χ1n) is 11.6.